The number of aliphatic hydroxyl groups is 1. The molecule has 1 aromatic rings. The van der Waals surface area contributed by atoms with Crippen molar-refractivity contribution in [3.05, 3.63) is 29.6 Å². The van der Waals surface area contributed by atoms with Gasteiger partial charge in [-0.15, -0.1) is 0 Å². The Balaban J connectivity index is 1.88. The number of benzene rings is 1. The number of fused-ring (bicyclic) bond motifs is 1. The largest absolute Gasteiger partial charge is 0.477 e. The maximum atomic E-state index is 13.5. The molecule has 0 aromatic heterocycles. The number of carbonyl (C=O) groups is 1. The number of carbonyl (C=O) groups excluding carboxylic acids is 1. The fourth-order valence-corrected chi connectivity index (χ4v) is 2.09. The van der Waals surface area contributed by atoms with Gasteiger partial charge < -0.3 is 15.2 Å². The Morgan fingerprint density at radius 1 is 1.63 bits per heavy atom. The molecule has 1 aromatic carbocycles. The lowest BCUT2D eigenvalue weighted by molar-refractivity contribution is -0.127. The highest BCUT2D eigenvalue weighted by molar-refractivity contribution is 5.82. The molecule has 1 amide bonds. The first-order chi connectivity index (χ1) is 9.11. The van der Waals surface area contributed by atoms with Crippen molar-refractivity contribution in [2.75, 3.05) is 13.2 Å². The lowest BCUT2D eigenvalue weighted by Crippen LogP contribution is -2.39. The number of halogens is 1. The van der Waals surface area contributed by atoms with Crippen molar-refractivity contribution in [2.45, 2.75) is 25.9 Å². The first-order valence-electron chi connectivity index (χ1n) is 6.44. The Morgan fingerprint density at radius 2 is 2.42 bits per heavy atom. The van der Waals surface area contributed by atoms with Crippen LogP contribution in [-0.2, 0) is 11.2 Å². The smallest absolute Gasteiger partial charge is 0.261 e. The molecule has 19 heavy (non-hydrogen) atoms. The predicted octanol–water partition coefficient (Wildman–Crippen LogP) is 1.26. The van der Waals surface area contributed by atoms with Crippen LogP contribution in [0.1, 0.15) is 18.9 Å². The van der Waals surface area contributed by atoms with Crippen molar-refractivity contribution in [3.63, 3.8) is 0 Å². The normalized spacial score (nSPS) is 18.6. The molecule has 2 rings (SSSR count). The molecule has 0 spiro atoms. The second kappa shape index (κ2) is 6.02. The summed E-state index contributed by atoms with van der Waals surface area (Å²) in [5, 5.41) is 11.5. The zero-order chi connectivity index (χ0) is 13.8. The number of nitrogens with one attached hydrogen (secondary N) is 1. The van der Waals surface area contributed by atoms with Gasteiger partial charge in [0.05, 0.1) is 0 Å². The van der Waals surface area contributed by atoms with Crippen molar-refractivity contribution in [2.24, 2.45) is 5.92 Å². The predicted molar refractivity (Wildman–Crippen MR) is 68.4 cm³/mol. The molecule has 0 saturated heterocycles. The minimum absolute atomic E-state index is 0.105. The van der Waals surface area contributed by atoms with Crippen LogP contribution in [0.25, 0.3) is 0 Å². The monoisotopic (exact) mass is 267 g/mol. The van der Waals surface area contributed by atoms with Gasteiger partial charge in [0.1, 0.15) is 0 Å². The van der Waals surface area contributed by atoms with E-state index in [1.165, 1.54) is 6.07 Å². The summed E-state index contributed by atoms with van der Waals surface area (Å²) in [6.07, 6.45) is 0.377. The Hall–Kier alpha value is -1.62. The minimum atomic E-state index is -0.659. The summed E-state index contributed by atoms with van der Waals surface area (Å²) in [6.45, 7) is 2.53. The van der Waals surface area contributed by atoms with Crippen LogP contribution in [0.2, 0.25) is 0 Å². The minimum Gasteiger partial charge on any atom is -0.477 e. The molecule has 1 heterocycles. The third-order valence-corrected chi connectivity index (χ3v) is 3.25. The maximum absolute atomic E-state index is 13.5. The van der Waals surface area contributed by atoms with Crippen LogP contribution in [0.3, 0.4) is 0 Å². The van der Waals surface area contributed by atoms with E-state index in [9.17, 15) is 9.18 Å². The number of rotatable bonds is 5. The summed E-state index contributed by atoms with van der Waals surface area (Å²) >= 11 is 0. The van der Waals surface area contributed by atoms with Gasteiger partial charge >= 0.3 is 0 Å². The molecule has 1 aliphatic heterocycles. The average molecular weight is 267 g/mol. The summed E-state index contributed by atoms with van der Waals surface area (Å²) < 4.78 is 18.8. The topological polar surface area (TPSA) is 58.6 Å². The van der Waals surface area contributed by atoms with Crippen molar-refractivity contribution in [1.82, 2.24) is 5.32 Å². The standard InChI is InChI=1S/C14H18FNO3/c1-9(5-6-17)8-16-14(18)12-7-10-3-2-4-11(15)13(10)19-12/h2-4,9,12,17H,5-8H2,1H3,(H,16,18). The van der Waals surface area contributed by atoms with Crippen molar-refractivity contribution in [3.8, 4) is 5.75 Å². The lowest BCUT2D eigenvalue weighted by atomic mass is 10.1. The Labute approximate surface area is 111 Å². The van der Waals surface area contributed by atoms with Crippen LogP contribution in [0.4, 0.5) is 4.39 Å². The van der Waals surface area contributed by atoms with Crippen LogP contribution in [0.15, 0.2) is 18.2 Å². The SMILES string of the molecule is CC(CCO)CNC(=O)C1Cc2cccc(F)c2O1. The molecule has 1 aliphatic rings. The first kappa shape index (κ1) is 13.8. The van der Waals surface area contributed by atoms with Gasteiger partial charge in [-0.25, -0.2) is 4.39 Å². The third kappa shape index (κ3) is 3.23. The van der Waals surface area contributed by atoms with Crippen molar-refractivity contribution >= 4 is 5.91 Å². The molecule has 2 unspecified atom stereocenters. The van der Waals surface area contributed by atoms with Gasteiger partial charge in [0.25, 0.3) is 5.91 Å². The number of hydrogen-bond acceptors (Lipinski definition) is 3. The van der Waals surface area contributed by atoms with Crippen LogP contribution in [0.5, 0.6) is 5.75 Å². The van der Waals surface area contributed by atoms with Gasteiger partial charge in [-0.3, -0.25) is 4.79 Å². The van der Waals surface area contributed by atoms with Gasteiger partial charge in [0.2, 0.25) is 0 Å². The molecular formula is C14H18FNO3. The zero-order valence-corrected chi connectivity index (χ0v) is 10.9. The van der Waals surface area contributed by atoms with Crippen LogP contribution in [0, 0.1) is 11.7 Å². The number of aliphatic hydroxyl groups excluding tert-OH is 1. The van der Waals surface area contributed by atoms with E-state index < -0.39 is 11.9 Å². The fraction of sp³-hybridized carbons (Fsp3) is 0.500. The highest BCUT2D eigenvalue weighted by atomic mass is 19.1. The molecule has 0 bridgehead atoms. The number of para-hydroxylation sites is 1. The quantitative estimate of drug-likeness (QED) is 0.844. The summed E-state index contributed by atoms with van der Waals surface area (Å²) in [4.78, 5) is 11.9. The van der Waals surface area contributed by atoms with Gasteiger partial charge in [-0.1, -0.05) is 19.1 Å². The van der Waals surface area contributed by atoms with Crippen molar-refractivity contribution in [1.29, 1.82) is 0 Å². The summed E-state index contributed by atoms with van der Waals surface area (Å²) in [7, 11) is 0. The number of ether oxygens (including phenoxy) is 1. The zero-order valence-electron chi connectivity index (χ0n) is 10.9. The van der Waals surface area contributed by atoms with Gasteiger partial charge in [-0.05, 0) is 18.4 Å². The summed E-state index contributed by atoms with van der Waals surface area (Å²) in [5.74, 6) is -0.276. The third-order valence-electron chi connectivity index (χ3n) is 3.25. The molecule has 4 nitrogen and oxygen atoms in total. The second-order valence-electron chi connectivity index (χ2n) is 4.90. The van der Waals surface area contributed by atoms with E-state index in [-0.39, 0.29) is 24.2 Å². The number of amides is 1. The molecule has 104 valence electrons. The van der Waals surface area contributed by atoms with E-state index in [1.807, 2.05) is 6.92 Å². The highest BCUT2D eigenvalue weighted by Gasteiger charge is 2.30. The van der Waals surface area contributed by atoms with E-state index in [2.05, 4.69) is 5.32 Å². The Kier molecular flexibility index (Phi) is 4.37. The van der Waals surface area contributed by atoms with Crippen LogP contribution in [-0.4, -0.2) is 30.3 Å². The molecule has 2 N–H and O–H groups in total. The molecule has 5 heteroatoms. The molecule has 0 saturated carbocycles. The molecule has 2 atom stereocenters. The van der Waals surface area contributed by atoms with Crippen LogP contribution < -0.4 is 10.1 Å². The average Bonchev–Trinajstić information content (AvgIpc) is 2.82. The van der Waals surface area contributed by atoms with E-state index in [1.54, 1.807) is 12.1 Å². The Morgan fingerprint density at radius 3 is 3.11 bits per heavy atom. The van der Waals surface area contributed by atoms with Crippen molar-refractivity contribution < 1.29 is 19.0 Å². The van der Waals surface area contributed by atoms with E-state index in [4.69, 9.17) is 9.84 Å². The Bertz CT molecular complexity index is 464. The lowest BCUT2D eigenvalue weighted by Gasteiger charge is -2.14. The van der Waals surface area contributed by atoms with Gasteiger partial charge in [0, 0.05) is 25.1 Å². The van der Waals surface area contributed by atoms with Crippen LogP contribution >= 0.6 is 0 Å². The summed E-state index contributed by atoms with van der Waals surface area (Å²) in [5.41, 5.74) is 0.726. The van der Waals surface area contributed by atoms with Gasteiger partial charge in [0.15, 0.2) is 17.7 Å². The van der Waals surface area contributed by atoms with E-state index in [0.717, 1.165) is 5.56 Å². The van der Waals surface area contributed by atoms with E-state index >= 15 is 0 Å². The molecule has 0 aliphatic carbocycles. The molecule has 0 radical (unpaired) electrons. The maximum Gasteiger partial charge on any atom is 0.261 e. The number of hydrogen-bond donors (Lipinski definition) is 2. The summed E-state index contributed by atoms with van der Waals surface area (Å²) in [6, 6.07) is 4.70. The second-order valence-corrected chi connectivity index (χ2v) is 4.90. The molecular weight excluding hydrogens is 249 g/mol. The fourth-order valence-electron chi connectivity index (χ4n) is 2.09. The van der Waals surface area contributed by atoms with Gasteiger partial charge in [-0.2, -0.15) is 0 Å². The molecule has 0 fully saturated rings. The highest BCUT2D eigenvalue weighted by Crippen LogP contribution is 2.31. The van der Waals surface area contributed by atoms with E-state index in [0.29, 0.717) is 19.4 Å². The first-order valence-corrected chi connectivity index (χ1v) is 6.44.